The van der Waals surface area contributed by atoms with E-state index in [-0.39, 0.29) is 226 Å². The summed E-state index contributed by atoms with van der Waals surface area (Å²) in [5.74, 6) is 0. The van der Waals surface area contributed by atoms with Crippen LogP contribution in [0.5, 0.6) is 0 Å². The summed E-state index contributed by atoms with van der Waals surface area (Å²) in [7, 11) is 0. The van der Waals surface area contributed by atoms with Crippen molar-refractivity contribution in [2.75, 3.05) is 0 Å². The molecule has 0 heterocycles. The van der Waals surface area contributed by atoms with Crippen molar-refractivity contribution in [2.24, 2.45) is 0 Å². The second-order valence-corrected chi connectivity index (χ2v) is 0. The van der Waals surface area contributed by atoms with E-state index in [0.717, 1.165) is 0 Å². The Morgan fingerprint density at radius 3 is 0.154 bits per heavy atom. The van der Waals surface area contributed by atoms with E-state index in [2.05, 4.69) is 0 Å². The first-order valence-electron chi connectivity index (χ1n) is 0. The second kappa shape index (κ2) is 127. The van der Waals surface area contributed by atoms with Gasteiger partial charge in [0.05, 0.1) is 0 Å². The van der Waals surface area contributed by atoms with Gasteiger partial charge in [-0.3, -0.25) is 0 Å². The van der Waals surface area contributed by atoms with Gasteiger partial charge in [0.15, 0.2) is 0 Å². The predicted octanol–water partition coefficient (Wildman–Crippen LogP) is -3.44. The Kier molecular flexibility index (Phi) is 1450. The van der Waals surface area contributed by atoms with E-state index in [1.165, 1.54) is 0 Å². The molecule has 0 aromatic rings. The van der Waals surface area contributed by atoms with E-state index in [9.17, 15) is 0 Å². The molecule has 0 N–H and O–H groups in total. The van der Waals surface area contributed by atoms with Crippen molar-refractivity contribution in [1.82, 2.24) is 0 Å². The van der Waals surface area contributed by atoms with Crippen LogP contribution in [0.3, 0.4) is 0 Å². The minimum absolute atomic E-state index is 0. The van der Waals surface area contributed by atoms with Crippen molar-refractivity contribution in [1.29, 1.82) is 0 Å². The Balaban J connectivity index is 0. The Hall–Kier alpha value is 6.92. The normalized spacial score (nSPS) is 0. The third kappa shape index (κ3) is 113. The fourth-order valence-corrected chi connectivity index (χ4v) is 0. The van der Waals surface area contributed by atoms with Crippen molar-refractivity contribution >= 4 is 156 Å². The third-order valence-corrected chi connectivity index (χ3v) is 0. The van der Waals surface area contributed by atoms with Crippen molar-refractivity contribution in [3.05, 3.63) is 0 Å². The van der Waals surface area contributed by atoms with Gasteiger partial charge in [-0.1, -0.05) is 0 Å². The molecule has 51 valence electrons. The minimum Gasteiger partial charge on any atom is 0 e. The van der Waals surface area contributed by atoms with Crippen LogP contribution in [0.4, 0.5) is 0 Å². The zero-order chi connectivity index (χ0) is 0. The molecule has 0 aliphatic heterocycles. The number of hydrogen-bond acceptors (Lipinski definition) is 0. The van der Waals surface area contributed by atoms with Gasteiger partial charge < -0.3 is 0 Å². The van der Waals surface area contributed by atoms with Crippen LogP contribution in [0.15, 0.2) is 0 Å². The average molecular weight is 451 g/mol. The van der Waals surface area contributed by atoms with Crippen LogP contribution in [0.25, 0.3) is 0 Å². The molecular formula is Al9Cr4. The number of hydrogen-bond donors (Lipinski definition) is 0. The first-order valence-corrected chi connectivity index (χ1v) is 0. The molecule has 0 saturated carbocycles. The minimum atomic E-state index is 0. The van der Waals surface area contributed by atoms with E-state index in [0.29, 0.717) is 0 Å². The number of rotatable bonds is 0. The summed E-state index contributed by atoms with van der Waals surface area (Å²) in [6, 6.07) is 0. The largest absolute Gasteiger partial charge is 0 e. The molecule has 0 bridgehead atoms. The van der Waals surface area contributed by atoms with E-state index >= 15 is 0 Å². The first-order chi connectivity index (χ1) is 0. The standard InChI is InChI=1S/9Al.4Cr. The molecule has 0 atom stereocenters. The van der Waals surface area contributed by atoms with Crippen molar-refractivity contribution in [2.45, 2.75) is 0 Å². The maximum absolute atomic E-state index is 0. The molecule has 0 aliphatic rings. The van der Waals surface area contributed by atoms with Gasteiger partial charge in [0, 0.05) is 226 Å². The van der Waals surface area contributed by atoms with E-state index in [1.807, 2.05) is 0 Å². The SMILES string of the molecule is [Al].[Al].[Al].[Al].[Al].[Al].[Al].[Al].[Al].[Cr].[Cr].[Cr].[Cr]. The van der Waals surface area contributed by atoms with Crippen molar-refractivity contribution in [3.63, 3.8) is 0 Å². The maximum Gasteiger partial charge on any atom is 0 e. The smallest absolute Gasteiger partial charge is 0 e. The fraction of sp³-hybridized carbons (Fsp3) is 0. The van der Waals surface area contributed by atoms with Crippen LogP contribution in [-0.2, 0) is 69.4 Å². The molecule has 13 heavy (non-hydrogen) atoms. The third-order valence-electron chi connectivity index (χ3n) is 0. The Labute approximate surface area is 221 Å². The van der Waals surface area contributed by atoms with Gasteiger partial charge in [0.1, 0.15) is 0 Å². The van der Waals surface area contributed by atoms with Gasteiger partial charge in [-0.25, -0.2) is 0 Å². The van der Waals surface area contributed by atoms with E-state index in [4.69, 9.17) is 0 Å². The molecule has 0 saturated heterocycles. The Morgan fingerprint density at radius 1 is 0.154 bits per heavy atom. The molecule has 0 spiro atoms. The molecule has 0 fully saturated rings. The van der Waals surface area contributed by atoms with E-state index < -0.39 is 0 Å². The molecule has 0 aromatic carbocycles. The monoisotopic (exact) mass is 451 g/mol. The van der Waals surface area contributed by atoms with Gasteiger partial charge in [-0.15, -0.1) is 0 Å². The van der Waals surface area contributed by atoms with Gasteiger partial charge in [0.25, 0.3) is 0 Å². The van der Waals surface area contributed by atoms with Crippen LogP contribution >= 0.6 is 0 Å². The molecule has 0 aromatic heterocycles. The van der Waals surface area contributed by atoms with Crippen LogP contribution in [0.1, 0.15) is 0 Å². The fourth-order valence-electron chi connectivity index (χ4n) is 0. The second-order valence-electron chi connectivity index (χ2n) is 0. The van der Waals surface area contributed by atoms with Crippen LogP contribution < -0.4 is 0 Å². The molecule has 0 amide bonds. The molecule has 0 nitrogen and oxygen atoms in total. The van der Waals surface area contributed by atoms with Gasteiger partial charge in [0.2, 0.25) is 0 Å². The molecular weight excluding hydrogens is 451 g/mol. The Morgan fingerprint density at radius 2 is 0.154 bits per heavy atom. The summed E-state index contributed by atoms with van der Waals surface area (Å²) in [5, 5.41) is 0. The van der Waals surface area contributed by atoms with E-state index in [1.54, 1.807) is 0 Å². The summed E-state index contributed by atoms with van der Waals surface area (Å²) in [5.41, 5.74) is 0. The summed E-state index contributed by atoms with van der Waals surface area (Å²) < 4.78 is 0. The van der Waals surface area contributed by atoms with Crippen LogP contribution in [0, 0.1) is 0 Å². The first kappa shape index (κ1) is 149. The molecule has 0 aliphatic carbocycles. The van der Waals surface area contributed by atoms with Crippen LogP contribution in [-0.4, -0.2) is 156 Å². The Bertz CT molecular complexity index is 11.6. The summed E-state index contributed by atoms with van der Waals surface area (Å²) >= 11 is 0. The van der Waals surface area contributed by atoms with Crippen LogP contribution in [0.2, 0.25) is 0 Å². The van der Waals surface area contributed by atoms with Gasteiger partial charge >= 0.3 is 0 Å². The maximum atomic E-state index is 0. The average Bonchev–Trinajstić information content (AvgIpc) is 0. The van der Waals surface area contributed by atoms with Crippen molar-refractivity contribution < 1.29 is 69.4 Å². The zero-order valence-electron chi connectivity index (χ0n) is 6.83. The van der Waals surface area contributed by atoms with Crippen molar-refractivity contribution in [3.8, 4) is 0 Å². The van der Waals surface area contributed by atoms with Gasteiger partial charge in [-0.05, 0) is 0 Å². The molecule has 13 heteroatoms. The summed E-state index contributed by atoms with van der Waals surface area (Å²) in [6.45, 7) is 0. The topological polar surface area (TPSA) is 0 Å². The molecule has 0 unspecified atom stereocenters. The quantitative estimate of drug-likeness (QED) is 0.337. The summed E-state index contributed by atoms with van der Waals surface area (Å²) in [4.78, 5) is 0. The summed E-state index contributed by atoms with van der Waals surface area (Å²) in [6.07, 6.45) is 0. The molecule has 0 rings (SSSR count). The van der Waals surface area contributed by atoms with Gasteiger partial charge in [-0.2, -0.15) is 0 Å². The molecule has 27 radical (unpaired) electrons. The zero-order valence-corrected chi connectivity index (χ0v) is 22.3. The predicted molar refractivity (Wildman–Crippen MR) is 51.8 cm³/mol.